The van der Waals surface area contributed by atoms with Gasteiger partial charge in [-0.25, -0.2) is 13.1 Å². The summed E-state index contributed by atoms with van der Waals surface area (Å²) >= 11 is 0. The lowest BCUT2D eigenvalue weighted by Crippen LogP contribution is -2.24. The second-order valence-electron chi connectivity index (χ2n) is 4.97. The molecule has 0 saturated heterocycles. The summed E-state index contributed by atoms with van der Waals surface area (Å²) in [4.78, 5) is -0.0649. The van der Waals surface area contributed by atoms with E-state index < -0.39 is 10.0 Å². The third kappa shape index (κ3) is 4.02. The molecule has 2 rings (SSSR count). The highest BCUT2D eigenvalue weighted by Gasteiger charge is 2.19. The van der Waals surface area contributed by atoms with E-state index in [1.54, 1.807) is 24.3 Å². The molecule has 0 heterocycles. The first-order chi connectivity index (χ1) is 12.0. The van der Waals surface area contributed by atoms with Gasteiger partial charge in [0.25, 0.3) is 0 Å². The zero-order chi connectivity index (χ0) is 18.4. The molecule has 132 valence electrons. The minimum atomic E-state index is -3.84. The van der Waals surface area contributed by atoms with Gasteiger partial charge in [-0.2, -0.15) is 5.26 Å². The van der Waals surface area contributed by atoms with Crippen molar-refractivity contribution >= 4 is 10.0 Å². The molecule has 0 aliphatic heterocycles. The van der Waals surface area contributed by atoms with Crippen LogP contribution >= 0.6 is 0 Å². The molecule has 0 aliphatic carbocycles. The van der Waals surface area contributed by atoms with E-state index in [2.05, 4.69) is 4.72 Å². The minimum Gasteiger partial charge on any atom is -0.493 e. The fourth-order valence-electron chi connectivity index (χ4n) is 2.29. The highest BCUT2D eigenvalue weighted by Crippen LogP contribution is 2.38. The Labute approximate surface area is 146 Å². The molecule has 0 amide bonds. The zero-order valence-electron chi connectivity index (χ0n) is 14.1. The smallest absolute Gasteiger partial charge is 0.242 e. The Kier molecular flexibility index (Phi) is 5.85. The van der Waals surface area contributed by atoms with Crippen LogP contribution in [0.4, 0.5) is 0 Å². The predicted molar refractivity (Wildman–Crippen MR) is 91.3 cm³/mol. The Morgan fingerprint density at radius 3 is 2.16 bits per heavy atom. The summed E-state index contributed by atoms with van der Waals surface area (Å²) < 4.78 is 43.1. The van der Waals surface area contributed by atoms with Crippen molar-refractivity contribution in [2.75, 3.05) is 21.3 Å². The van der Waals surface area contributed by atoms with Gasteiger partial charge in [-0.15, -0.1) is 0 Å². The Balaban J connectivity index is 2.30. The van der Waals surface area contributed by atoms with Crippen molar-refractivity contribution in [1.82, 2.24) is 4.72 Å². The topological polar surface area (TPSA) is 97.7 Å². The van der Waals surface area contributed by atoms with E-state index in [9.17, 15) is 8.42 Å². The van der Waals surface area contributed by atoms with Crippen LogP contribution in [0.15, 0.2) is 41.3 Å². The maximum absolute atomic E-state index is 12.5. The van der Waals surface area contributed by atoms with Crippen LogP contribution < -0.4 is 18.9 Å². The number of benzene rings is 2. The Morgan fingerprint density at radius 1 is 1.04 bits per heavy atom. The summed E-state index contributed by atoms with van der Waals surface area (Å²) in [7, 11) is 0.607. The third-order valence-electron chi connectivity index (χ3n) is 3.49. The van der Waals surface area contributed by atoms with Gasteiger partial charge in [0.15, 0.2) is 11.5 Å². The molecule has 0 saturated carbocycles. The number of rotatable bonds is 7. The second kappa shape index (κ2) is 7.88. The fourth-order valence-corrected chi connectivity index (χ4v) is 3.46. The first-order valence-corrected chi connectivity index (χ1v) is 8.72. The van der Waals surface area contributed by atoms with Gasteiger partial charge in [0.2, 0.25) is 15.8 Å². The lowest BCUT2D eigenvalue weighted by Gasteiger charge is -2.14. The number of methoxy groups -OCH3 is 3. The van der Waals surface area contributed by atoms with E-state index in [0.717, 1.165) is 0 Å². The monoisotopic (exact) mass is 362 g/mol. The van der Waals surface area contributed by atoms with E-state index >= 15 is 0 Å². The van der Waals surface area contributed by atoms with Gasteiger partial charge in [-0.1, -0.05) is 12.1 Å². The van der Waals surface area contributed by atoms with Crippen molar-refractivity contribution in [2.24, 2.45) is 0 Å². The number of nitriles is 1. The van der Waals surface area contributed by atoms with Crippen LogP contribution in [0.25, 0.3) is 0 Å². The Bertz CT molecular complexity index is 878. The van der Waals surface area contributed by atoms with Crippen LogP contribution in [0.2, 0.25) is 0 Å². The van der Waals surface area contributed by atoms with Gasteiger partial charge in [0.05, 0.1) is 31.8 Å². The van der Waals surface area contributed by atoms with Crippen molar-refractivity contribution in [3.8, 4) is 23.3 Å². The lowest BCUT2D eigenvalue weighted by atomic mass is 10.2. The zero-order valence-corrected chi connectivity index (χ0v) is 14.9. The normalized spacial score (nSPS) is 10.8. The number of nitrogens with zero attached hydrogens (tertiary/aromatic N) is 1. The van der Waals surface area contributed by atoms with E-state index in [-0.39, 0.29) is 17.0 Å². The van der Waals surface area contributed by atoms with Crippen molar-refractivity contribution in [3.05, 3.63) is 47.5 Å². The summed E-state index contributed by atoms with van der Waals surface area (Å²) in [5.41, 5.74) is 0.701. The highest BCUT2D eigenvalue weighted by molar-refractivity contribution is 7.89. The van der Waals surface area contributed by atoms with E-state index in [1.165, 1.54) is 33.5 Å². The highest BCUT2D eigenvalue weighted by atomic mass is 32.2. The largest absolute Gasteiger partial charge is 0.493 e. The standard InChI is InChI=1S/C17H18N2O5S/c1-22-14-8-12(9-15(23-2)17(14)24-3)11-19-25(20,21)16-7-5-4-6-13(16)10-18/h4-9,19H,11H2,1-3H3. The quantitative estimate of drug-likeness (QED) is 0.810. The molecule has 7 nitrogen and oxygen atoms in total. The first kappa shape index (κ1) is 18.6. The molecule has 0 unspecified atom stereocenters. The summed E-state index contributed by atoms with van der Waals surface area (Å²) in [6, 6.07) is 11.2. The molecule has 0 spiro atoms. The summed E-state index contributed by atoms with van der Waals surface area (Å²) in [6.07, 6.45) is 0. The molecule has 25 heavy (non-hydrogen) atoms. The molecule has 2 aromatic rings. The molecule has 2 aromatic carbocycles. The average molecular weight is 362 g/mol. The van der Waals surface area contributed by atoms with Gasteiger partial charge in [0.1, 0.15) is 6.07 Å². The van der Waals surface area contributed by atoms with E-state index in [4.69, 9.17) is 19.5 Å². The molecule has 0 fully saturated rings. The number of ether oxygens (including phenoxy) is 3. The molecule has 0 atom stereocenters. The molecule has 0 radical (unpaired) electrons. The third-order valence-corrected chi connectivity index (χ3v) is 4.95. The van der Waals surface area contributed by atoms with Gasteiger partial charge in [-0.05, 0) is 29.8 Å². The number of sulfonamides is 1. The van der Waals surface area contributed by atoms with Gasteiger partial charge < -0.3 is 14.2 Å². The van der Waals surface area contributed by atoms with Crippen molar-refractivity contribution < 1.29 is 22.6 Å². The van der Waals surface area contributed by atoms with Crippen LogP contribution in [0, 0.1) is 11.3 Å². The summed E-state index contributed by atoms with van der Waals surface area (Å²) in [5, 5.41) is 9.07. The molecular formula is C17H18N2O5S. The van der Waals surface area contributed by atoms with Crippen LogP contribution in [0.1, 0.15) is 11.1 Å². The Morgan fingerprint density at radius 2 is 1.64 bits per heavy atom. The second-order valence-corrected chi connectivity index (χ2v) is 6.70. The number of hydrogen-bond acceptors (Lipinski definition) is 6. The van der Waals surface area contributed by atoms with Crippen LogP contribution in [-0.4, -0.2) is 29.7 Å². The van der Waals surface area contributed by atoms with E-state index in [0.29, 0.717) is 22.8 Å². The van der Waals surface area contributed by atoms with E-state index in [1.807, 2.05) is 6.07 Å². The molecular weight excluding hydrogens is 344 g/mol. The molecule has 0 aromatic heterocycles. The SMILES string of the molecule is COc1cc(CNS(=O)(=O)c2ccccc2C#N)cc(OC)c1OC. The maximum Gasteiger partial charge on any atom is 0.242 e. The minimum absolute atomic E-state index is 0.00118. The predicted octanol–water partition coefficient (Wildman–Crippen LogP) is 2.06. The van der Waals surface area contributed by atoms with Crippen molar-refractivity contribution in [1.29, 1.82) is 5.26 Å². The summed E-state index contributed by atoms with van der Waals surface area (Å²) in [5.74, 6) is 1.27. The summed E-state index contributed by atoms with van der Waals surface area (Å²) in [6.45, 7) is -0.00118. The van der Waals surface area contributed by atoms with Gasteiger partial charge in [0, 0.05) is 6.54 Å². The molecule has 0 aliphatic rings. The Hall–Kier alpha value is -2.76. The molecule has 1 N–H and O–H groups in total. The van der Waals surface area contributed by atoms with Crippen LogP contribution in [0.3, 0.4) is 0 Å². The fraction of sp³-hybridized carbons (Fsp3) is 0.235. The molecule has 8 heteroatoms. The van der Waals surface area contributed by atoms with Gasteiger partial charge >= 0.3 is 0 Å². The first-order valence-electron chi connectivity index (χ1n) is 7.24. The molecule has 0 bridgehead atoms. The maximum atomic E-state index is 12.5. The number of nitrogens with one attached hydrogen (secondary N) is 1. The van der Waals surface area contributed by atoms with Gasteiger partial charge in [-0.3, -0.25) is 0 Å². The van der Waals surface area contributed by atoms with Crippen molar-refractivity contribution in [2.45, 2.75) is 11.4 Å². The van der Waals surface area contributed by atoms with Crippen LogP contribution in [0.5, 0.6) is 17.2 Å². The van der Waals surface area contributed by atoms with Crippen molar-refractivity contribution in [3.63, 3.8) is 0 Å². The number of hydrogen-bond donors (Lipinski definition) is 1. The van der Waals surface area contributed by atoms with Crippen LogP contribution in [-0.2, 0) is 16.6 Å². The average Bonchev–Trinajstić information content (AvgIpc) is 2.65. The lowest BCUT2D eigenvalue weighted by molar-refractivity contribution is 0.323.